The van der Waals surface area contributed by atoms with Crippen molar-refractivity contribution in [1.82, 2.24) is 14.8 Å². The van der Waals surface area contributed by atoms with E-state index in [9.17, 15) is 10.1 Å². The minimum Gasteiger partial charge on any atom is -0.493 e. The molecule has 2 aromatic carbocycles. The van der Waals surface area contributed by atoms with Crippen LogP contribution in [0, 0.1) is 18.3 Å². The smallest absolute Gasteiger partial charge is 0.228 e. The van der Waals surface area contributed by atoms with Gasteiger partial charge in [-0.25, -0.2) is 4.98 Å². The Labute approximate surface area is 173 Å². The maximum Gasteiger partial charge on any atom is 0.228 e. The number of carbonyl (C=O) groups is 1. The van der Waals surface area contributed by atoms with Gasteiger partial charge in [0.15, 0.2) is 11.6 Å². The molecule has 4 aromatic rings. The Hall–Kier alpha value is -4.18. The zero-order valence-electron chi connectivity index (χ0n) is 16.4. The first-order chi connectivity index (χ1) is 14.6. The molecule has 7 nitrogen and oxygen atoms in total. The van der Waals surface area contributed by atoms with Crippen molar-refractivity contribution in [2.45, 2.75) is 13.3 Å². The van der Waals surface area contributed by atoms with Crippen LogP contribution >= 0.6 is 0 Å². The molecule has 30 heavy (non-hydrogen) atoms. The Morgan fingerprint density at radius 3 is 2.73 bits per heavy atom. The van der Waals surface area contributed by atoms with Gasteiger partial charge < -0.3 is 10.1 Å². The third-order valence-corrected chi connectivity index (χ3v) is 4.57. The van der Waals surface area contributed by atoms with Crippen molar-refractivity contribution in [3.63, 3.8) is 0 Å². The van der Waals surface area contributed by atoms with E-state index in [-0.39, 0.29) is 24.5 Å². The average Bonchev–Trinajstić information content (AvgIpc) is 3.17. The number of para-hydroxylation sites is 1. The molecule has 0 aliphatic rings. The summed E-state index contributed by atoms with van der Waals surface area (Å²) in [6.07, 6.45) is 1.55. The molecule has 0 aliphatic carbocycles. The van der Waals surface area contributed by atoms with Gasteiger partial charge in [-0.1, -0.05) is 35.9 Å². The summed E-state index contributed by atoms with van der Waals surface area (Å²) < 4.78 is 7.07. The Morgan fingerprint density at radius 1 is 1.13 bits per heavy atom. The molecular weight excluding hydrogens is 378 g/mol. The monoisotopic (exact) mass is 397 g/mol. The summed E-state index contributed by atoms with van der Waals surface area (Å²) in [6.45, 7) is 2.22. The summed E-state index contributed by atoms with van der Waals surface area (Å²) in [6, 6.07) is 21.1. The molecule has 0 fully saturated rings. The fraction of sp³-hybridized carbons (Fsp3) is 0.130. The molecule has 2 heterocycles. The number of nitrogens with zero attached hydrogens (tertiary/aromatic N) is 4. The van der Waals surface area contributed by atoms with E-state index in [0.717, 1.165) is 16.5 Å². The summed E-state index contributed by atoms with van der Waals surface area (Å²) in [4.78, 5) is 17.0. The molecule has 0 unspecified atom stereocenters. The van der Waals surface area contributed by atoms with Gasteiger partial charge in [-0.3, -0.25) is 4.79 Å². The van der Waals surface area contributed by atoms with E-state index in [4.69, 9.17) is 4.74 Å². The Balaban J connectivity index is 1.49. The van der Waals surface area contributed by atoms with Crippen LogP contribution in [0.3, 0.4) is 0 Å². The number of anilines is 1. The minimum atomic E-state index is -0.277. The van der Waals surface area contributed by atoms with Gasteiger partial charge in [-0.15, -0.1) is 0 Å². The number of nitriles is 1. The van der Waals surface area contributed by atoms with Crippen molar-refractivity contribution in [3.8, 4) is 17.6 Å². The number of fused-ring (bicyclic) bond motifs is 1. The quantitative estimate of drug-likeness (QED) is 0.531. The number of nitrogens with one attached hydrogen (secondary N) is 1. The standard InChI is InChI=1S/C23H19N5O2/c1-16-6-9-19(10-7-16)30-13-12-22(29)27-23-18(14-24)15-25-28(23)21-11-8-17-4-2-3-5-20(17)26-21/h2-11,15H,12-13H2,1H3,(H,27,29). The highest BCUT2D eigenvalue weighted by Crippen LogP contribution is 2.21. The van der Waals surface area contributed by atoms with Crippen LogP contribution in [0.5, 0.6) is 5.75 Å². The van der Waals surface area contributed by atoms with E-state index in [2.05, 4.69) is 21.5 Å². The fourth-order valence-corrected chi connectivity index (χ4v) is 2.99. The topological polar surface area (TPSA) is 92.8 Å². The van der Waals surface area contributed by atoms with Crippen molar-refractivity contribution in [1.29, 1.82) is 5.26 Å². The highest BCUT2D eigenvalue weighted by Gasteiger charge is 2.16. The maximum atomic E-state index is 12.5. The van der Waals surface area contributed by atoms with Crippen LogP contribution in [0.15, 0.2) is 66.9 Å². The summed E-state index contributed by atoms with van der Waals surface area (Å²) in [5.74, 6) is 1.24. The molecule has 4 rings (SSSR count). The van der Waals surface area contributed by atoms with Gasteiger partial charge in [-0.2, -0.15) is 15.0 Å². The zero-order valence-corrected chi connectivity index (χ0v) is 16.4. The maximum absolute atomic E-state index is 12.5. The number of benzene rings is 2. The zero-order chi connectivity index (χ0) is 20.9. The normalized spacial score (nSPS) is 10.5. The van der Waals surface area contributed by atoms with Crippen molar-refractivity contribution in [2.75, 3.05) is 11.9 Å². The third-order valence-electron chi connectivity index (χ3n) is 4.57. The lowest BCUT2D eigenvalue weighted by Crippen LogP contribution is -2.18. The summed E-state index contributed by atoms with van der Waals surface area (Å²) in [5.41, 5.74) is 2.20. The molecule has 0 bridgehead atoms. The minimum absolute atomic E-state index is 0.134. The molecule has 1 amide bonds. The number of rotatable bonds is 6. The van der Waals surface area contributed by atoms with Gasteiger partial charge in [0.05, 0.1) is 24.7 Å². The predicted octanol–water partition coefficient (Wildman–Crippen LogP) is 4.01. The second-order valence-corrected chi connectivity index (χ2v) is 6.75. The first-order valence-corrected chi connectivity index (χ1v) is 9.47. The molecular formula is C23H19N5O2. The van der Waals surface area contributed by atoms with Crippen LogP contribution in [0.25, 0.3) is 16.7 Å². The largest absolute Gasteiger partial charge is 0.493 e. The predicted molar refractivity (Wildman–Crippen MR) is 114 cm³/mol. The van der Waals surface area contributed by atoms with Gasteiger partial charge in [-0.05, 0) is 37.3 Å². The summed E-state index contributed by atoms with van der Waals surface area (Å²) in [5, 5.41) is 17.4. The number of aromatic nitrogens is 3. The fourth-order valence-electron chi connectivity index (χ4n) is 2.99. The molecule has 7 heteroatoms. The van der Waals surface area contributed by atoms with Crippen molar-refractivity contribution in [3.05, 3.63) is 78.0 Å². The number of amides is 1. The van der Waals surface area contributed by atoms with E-state index in [1.165, 1.54) is 10.9 Å². The molecule has 148 valence electrons. The van der Waals surface area contributed by atoms with Crippen molar-refractivity contribution < 1.29 is 9.53 Å². The van der Waals surface area contributed by atoms with Crippen LogP contribution in [-0.4, -0.2) is 27.3 Å². The number of hydrogen-bond donors (Lipinski definition) is 1. The van der Waals surface area contributed by atoms with E-state index in [1.54, 1.807) is 6.07 Å². The van der Waals surface area contributed by atoms with Crippen LogP contribution < -0.4 is 10.1 Å². The Bertz CT molecular complexity index is 1240. The lowest BCUT2D eigenvalue weighted by atomic mass is 10.2. The van der Waals surface area contributed by atoms with Crippen LogP contribution in [0.2, 0.25) is 0 Å². The molecule has 1 N–H and O–H groups in total. The number of hydrogen-bond acceptors (Lipinski definition) is 5. The third kappa shape index (κ3) is 4.13. The lowest BCUT2D eigenvalue weighted by molar-refractivity contribution is -0.116. The molecule has 0 radical (unpaired) electrons. The SMILES string of the molecule is Cc1ccc(OCCC(=O)Nc2c(C#N)cnn2-c2ccc3ccccc3n2)cc1. The lowest BCUT2D eigenvalue weighted by Gasteiger charge is -2.10. The number of aryl methyl sites for hydroxylation is 1. The Kier molecular flexibility index (Phi) is 5.39. The Morgan fingerprint density at radius 2 is 1.93 bits per heavy atom. The van der Waals surface area contributed by atoms with E-state index in [0.29, 0.717) is 17.4 Å². The molecule has 0 saturated carbocycles. The van der Waals surface area contributed by atoms with Crippen molar-refractivity contribution in [2.24, 2.45) is 0 Å². The number of pyridine rings is 1. The summed E-state index contributed by atoms with van der Waals surface area (Å²) >= 11 is 0. The van der Waals surface area contributed by atoms with Crippen LogP contribution in [-0.2, 0) is 4.79 Å². The molecule has 0 saturated heterocycles. The van der Waals surface area contributed by atoms with Crippen LogP contribution in [0.1, 0.15) is 17.5 Å². The second kappa shape index (κ2) is 8.45. The molecule has 0 aliphatic heterocycles. The highest BCUT2D eigenvalue weighted by atomic mass is 16.5. The van der Waals surface area contributed by atoms with E-state index in [1.807, 2.05) is 61.5 Å². The number of carbonyl (C=O) groups excluding carboxylic acids is 1. The molecule has 0 atom stereocenters. The van der Waals surface area contributed by atoms with E-state index >= 15 is 0 Å². The van der Waals surface area contributed by atoms with Gasteiger partial charge in [0.25, 0.3) is 0 Å². The second-order valence-electron chi connectivity index (χ2n) is 6.75. The van der Waals surface area contributed by atoms with Crippen LogP contribution in [0.4, 0.5) is 5.82 Å². The van der Waals surface area contributed by atoms with Crippen molar-refractivity contribution >= 4 is 22.6 Å². The van der Waals surface area contributed by atoms with Gasteiger partial charge in [0.2, 0.25) is 5.91 Å². The first-order valence-electron chi connectivity index (χ1n) is 9.47. The van der Waals surface area contributed by atoms with Gasteiger partial charge in [0, 0.05) is 5.39 Å². The average molecular weight is 397 g/mol. The van der Waals surface area contributed by atoms with Gasteiger partial charge >= 0.3 is 0 Å². The molecule has 2 aromatic heterocycles. The summed E-state index contributed by atoms with van der Waals surface area (Å²) in [7, 11) is 0. The number of ether oxygens (including phenoxy) is 1. The molecule has 0 spiro atoms. The highest BCUT2D eigenvalue weighted by molar-refractivity contribution is 5.91. The van der Waals surface area contributed by atoms with Gasteiger partial charge in [0.1, 0.15) is 17.4 Å². The van der Waals surface area contributed by atoms with E-state index < -0.39 is 0 Å². The first kappa shape index (κ1) is 19.2.